The quantitative estimate of drug-likeness (QED) is 0.814. The van der Waals surface area contributed by atoms with Crippen molar-refractivity contribution in [3.05, 3.63) is 29.8 Å². The summed E-state index contributed by atoms with van der Waals surface area (Å²) in [6.07, 6.45) is -4.11. The molecule has 0 aromatic heterocycles. The van der Waals surface area contributed by atoms with Crippen molar-refractivity contribution in [1.29, 1.82) is 0 Å². The van der Waals surface area contributed by atoms with Crippen LogP contribution in [0.4, 0.5) is 13.2 Å². The number of benzene rings is 1. The molecule has 0 bridgehead atoms. The van der Waals surface area contributed by atoms with Crippen LogP contribution in [0.1, 0.15) is 49.9 Å². The maximum absolute atomic E-state index is 12.8. The van der Waals surface area contributed by atoms with Gasteiger partial charge in [-0.3, -0.25) is 9.59 Å². The summed E-state index contributed by atoms with van der Waals surface area (Å²) in [5, 5.41) is 2.65. The number of nitrogens with one attached hydrogen (secondary N) is 1. The molecule has 0 spiro atoms. The number of alkyl halides is 3. The minimum absolute atomic E-state index is 0.0955. The van der Waals surface area contributed by atoms with Gasteiger partial charge in [0.2, 0.25) is 0 Å². The first kappa shape index (κ1) is 19.3. The molecule has 0 saturated heterocycles. The summed E-state index contributed by atoms with van der Waals surface area (Å²) >= 11 is 0. The number of ether oxygens (including phenoxy) is 1. The van der Waals surface area contributed by atoms with Crippen LogP contribution in [0.15, 0.2) is 24.3 Å². The van der Waals surface area contributed by atoms with Crippen molar-refractivity contribution in [3.8, 4) is 5.75 Å². The van der Waals surface area contributed by atoms with E-state index in [0.29, 0.717) is 24.2 Å². The largest absolute Gasteiger partial charge is 0.481 e. The number of hydrogen-bond acceptors (Lipinski definition) is 3. The number of Topliss-reactive ketones (excluding diaryl/α,β-unsaturated/α-hetero) is 1. The average molecular weight is 357 g/mol. The van der Waals surface area contributed by atoms with E-state index in [-0.39, 0.29) is 18.6 Å². The molecule has 0 aliphatic heterocycles. The van der Waals surface area contributed by atoms with Crippen LogP contribution in [0.5, 0.6) is 5.75 Å². The minimum atomic E-state index is -4.22. The Hall–Kier alpha value is -2.05. The lowest BCUT2D eigenvalue weighted by Crippen LogP contribution is -2.46. The van der Waals surface area contributed by atoms with Crippen molar-refractivity contribution in [3.63, 3.8) is 0 Å². The summed E-state index contributed by atoms with van der Waals surface area (Å²) in [5.41, 5.74) is 0.463. The summed E-state index contributed by atoms with van der Waals surface area (Å²) in [4.78, 5) is 23.6. The molecule has 4 nitrogen and oxygen atoms in total. The molecule has 1 amide bonds. The molecule has 1 aliphatic rings. The topological polar surface area (TPSA) is 55.4 Å². The van der Waals surface area contributed by atoms with Crippen molar-refractivity contribution in [2.45, 2.75) is 57.9 Å². The Kier molecular flexibility index (Phi) is 6.08. The van der Waals surface area contributed by atoms with E-state index in [0.717, 1.165) is 0 Å². The fraction of sp³-hybridized carbons (Fsp3) is 0.556. The van der Waals surface area contributed by atoms with Gasteiger partial charge in [0.1, 0.15) is 5.75 Å². The number of amides is 1. The number of ketones is 1. The van der Waals surface area contributed by atoms with Gasteiger partial charge in [-0.1, -0.05) is 18.6 Å². The van der Waals surface area contributed by atoms with Gasteiger partial charge in [-0.2, -0.15) is 13.2 Å². The summed E-state index contributed by atoms with van der Waals surface area (Å²) < 4.78 is 44.0. The van der Waals surface area contributed by atoms with Crippen LogP contribution in [-0.4, -0.2) is 30.0 Å². The number of halogens is 3. The molecule has 1 saturated carbocycles. The highest BCUT2D eigenvalue weighted by Gasteiger charge is 2.42. The highest BCUT2D eigenvalue weighted by Crippen LogP contribution is 2.37. The molecule has 1 fully saturated rings. The number of carbonyl (C=O) groups excluding carboxylic acids is 2. The van der Waals surface area contributed by atoms with Crippen LogP contribution >= 0.6 is 0 Å². The van der Waals surface area contributed by atoms with E-state index < -0.39 is 30.1 Å². The zero-order valence-corrected chi connectivity index (χ0v) is 14.2. The van der Waals surface area contributed by atoms with Gasteiger partial charge in [0.15, 0.2) is 11.9 Å². The zero-order valence-electron chi connectivity index (χ0n) is 14.2. The third-order valence-electron chi connectivity index (χ3n) is 4.41. The molecule has 1 aliphatic carbocycles. The van der Waals surface area contributed by atoms with E-state index >= 15 is 0 Å². The van der Waals surface area contributed by atoms with Crippen LogP contribution in [0.3, 0.4) is 0 Å². The first-order valence-electron chi connectivity index (χ1n) is 8.31. The van der Waals surface area contributed by atoms with Crippen molar-refractivity contribution in [2.24, 2.45) is 5.92 Å². The highest BCUT2D eigenvalue weighted by molar-refractivity contribution is 5.94. The van der Waals surface area contributed by atoms with E-state index in [9.17, 15) is 22.8 Å². The standard InChI is InChI=1S/C18H22F3NO3/c1-11(23)13-5-3-8-16(9-13)25-12(2)17(24)22-15-7-4-6-14(10-15)18(19,20)21/h3,5,8-9,12,14-15H,4,6-7,10H2,1-2H3,(H,22,24). The molecule has 3 unspecified atom stereocenters. The molecule has 7 heteroatoms. The van der Waals surface area contributed by atoms with Crippen molar-refractivity contribution in [2.75, 3.05) is 0 Å². The van der Waals surface area contributed by atoms with Gasteiger partial charge in [-0.25, -0.2) is 0 Å². The summed E-state index contributed by atoms with van der Waals surface area (Å²) in [7, 11) is 0. The fourth-order valence-corrected chi connectivity index (χ4v) is 2.98. The molecule has 0 radical (unpaired) electrons. The Labute approximate surface area is 144 Å². The van der Waals surface area contributed by atoms with Crippen molar-refractivity contribution in [1.82, 2.24) is 5.32 Å². The Morgan fingerprint density at radius 2 is 2.00 bits per heavy atom. The third kappa shape index (κ3) is 5.47. The SMILES string of the molecule is CC(=O)c1cccc(OC(C)C(=O)NC2CCCC(C(F)(F)F)C2)c1. The van der Waals surface area contributed by atoms with Gasteiger partial charge >= 0.3 is 6.18 Å². The van der Waals surface area contributed by atoms with E-state index in [1.54, 1.807) is 18.2 Å². The van der Waals surface area contributed by atoms with Gasteiger partial charge in [0.25, 0.3) is 5.91 Å². The second-order valence-electron chi connectivity index (χ2n) is 6.45. The summed E-state index contributed by atoms with van der Waals surface area (Å²) in [6, 6.07) is 5.94. The number of rotatable bonds is 5. The lowest BCUT2D eigenvalue weighted by atomic mass is 9.85. The molecule has 1 aromatic carbocycles. The molecule has 1 N–H and O–H groups in total. The normalized spacial score (nSPS) is 22.1. The van der Waals surface area contributed by atoms with Crippen LogP contribution < -0.4 is 10.1 Å². The maximum atomic E-state index is 12.8. The van der Waals surface area contributed by atoms with Gasteiger partial charge < -0.3 is 10.1 Å². The Morgan fingerprint density at radius 3 is 2.64 bits per heavy atom. The minimum Gasteiger partial charge on any atom is -0.481 e. The molecule has 3 atom stereocenters. The van der Waals surface area contributed by atoms with Crippen LogP contribution in [0.2, 0.25) is 0 Å². The predicted octanol–water partition coefficient (Wildman–Crippen LogP) is 3.89. The first-order valence-corrected chi connectivity index (χ1v) is 8.31. The summed E-state index contributed by atoms with van der Waals surface area (Å²) in [5.74, 6) is -1.58. The number of hydrogen-bond donors (Lipinski definition) is 1. The van der Waals surface area contributed by atoms with Gasteiger partial charge in [0.05, 0.1) is 5.92 Å². The molecule has 138 valence electrons. The molecule has 1 aromatic rings. The van der Waals surface area contributed by atoms with Gasteiger partial charge in [-0.05, 0) is 45.2 Å². The Bertz CT molecular complexity index is 630. The Balaban J connectivity index is 1.92. The summed E-state index contributed by atoms with van der Waals surface area (Å²) in [6.45, 7) is 2.95. The monoisotopic (exact) mass is 357 g/mol. The van der Waals surface area contributed by atoms with Crippen LogP contribution in [0, 0.1) is 5.92 Å². The lowest BCUT2D eigenvalue weighted by molar-refractivity contribution is -0.184. The smallest absolute Gasteiger partial charge is 0.391 e. The predicted molar refractivity (Wildman–Crippen MR) is 86.5 cm³/mol. The van der Waals surface area contributed by atoms with Crippen LogP contribution in [-0.2, 0) is 4.79 Å². The zero-order chi connectivity index (χ0) is 18.6. The highest BCUT2D eigenvalue weighted by atomic mass is 19.4. The molecule has 0 heterocycles. The molecular formula is C18H22F3NO3. The van der Waals surface area contributed by atoms with E-state index in [2.05, 4.69) is 5.32 Å². The van der Waals surface area contributed by atoms with Gasteiger partial charge in [0, 0.05) is 11.6 Å². The molecule has 25 heavy (non-hydrogen) atoms. The first-order chi connectivity index (χ1) is 11.7. The van der Waals surface area contributed by atoms with Gasteiger partial charge in [-0.15, -0.1) is 0 Å². The second-order valence-corrected chi connectivity index (χ2v) is 6.45. The van der Waals surface area contributed by atoms with E-state index in [1.807, 2.05) is 0 Å². The van der Waals surface area contributed by atoms with Crippen molar-refractivity contribution < 1.29 is 27.5 Å². The lowest BCUT2D eigenvalue weighted by Gasteiger charge is -2.31. The third-order valence-corrected chi connectivity index (χ3v) is 4.41. The fourth-order valence-electron chi connectivity index (χ4n) is 2.98. The van der Waals surface area contributed by atoms with Crippen LogP contribution in [0.25, 0.3) is 0 Å². The molecule has 2 rings (SSSR count). The van der Waals surface area contributed by atoms with E-state index in [4.69, 9.17) is 4.74 Å². The second kappa shape index (κ2) is 7.89. The number of carbonyl (C=O) groups is 2. The maximum Gasteiger partial charge on any atom is 0.391 e. The average Bonchev–Trinajstić information content (AvgIpc) is 2.54. The molecular weight excluding hydrogens is 335 g/mol. The Morgan fingerprint density at radius 1 is 1.28 bits per heavy atom. The van der Waals surface area contributed by atoms with Crippen molar-refractivity contribution >= 4 is 11.7 Å². The van der Waals surface area contributed by atoms with E-state index in [1.165, 1.54) is 19.9 Å².